The molecule has 1 fully saturated rings. The van der Waals surface area contributed by atoms with Crippen molar-refractivity contribution in [3.8, 4) is 0 Å². The Morgan fingerprint density at radius 3 is 2.03 bits per heavy atom. The van der Waals surface area contributed by atoms with Crippen LogP contribution in [-0.4, -0.2) is 160 Å². The number of Topliss-reactive ketones (excluding diaryl/α,β-unsaturated/α-hetero) is 1. The number of carbonyl (C=O) groups is 10. The Hall–Kier alpha value is -5.71. The second kappa shape index (κ2) is 26.9. The number of hydrogen-bond acceptors (Lipinski definition) is 14. The lowest BCUT2D eigenvalue weighted by Crippen LogP contribution is -2.61. The van der Waals surface area contributed by atoms with Crippen molar-refractivity contribution < 1.29 is 58.2 Å². The molecule has 69 heavy (non-hydrogen) atoms. The zero-order valence-electron chi connectivity index (χ0n) is 41.4. The number of rotatable bonds is 28. The fraction of sp³-hybridized carbons (Fsp3) is 0.617. The summed E-state index contributed by atoms with van der Waals surface area (Å²) in [5.74, 6) is -7.42. The summed E-state index contributed by atoms with van der Waals surface area (Å²) in [4.78, 5) is 131. The van der Waals surface area contributed by atoms with E-state index in [0.29, 0.717) is 0 Å². The van der Waals surface area contributed by atoms with Gasteiger partial charge < -0.3 is 53.2 Å². The molecular weight excluding hydrogens is 915 g/mol. The average Bonchev–Trinajstić information content (AvgIpc) is 3.55. The van der Waals surface area contributed by atoms with Crippen molar-refractivity contribution in [2.75, 3.05) is 39.5 Å². The number of aliphatic carboxylic acids is 2. The van der Waals surface area contributed by atoms with E-state index >= 15 is 0 Å². The molecule has 22 heteroatoms. The standard InChI is InChI=1S/C47H73N9O12S/c1-26(2)32(55(10)43(64)39(46(4,5)6)54-41(62)38(50-9)47(7,8)28-14-12-11-13-15-28)22-27(3)40(61)53-30(45(67)68)17-19-35(58)51-20-21-56-37(60)23-34(42(56)63)69-25-31(33(57)24-48)52-36(59)18-16-29(49)44(65)66/h11-15,22,26,29-32,34,38-39,50H,16-21,23-25,48-49H2,1-10H3,(H,51,58)(H,52,59)(H,53,61)(H,54,62)(H,65,66)(H,67,68)/b27-22+/t29-,30+,31-,32+,34?,38+,39?/m0/s1. The molecule has 0 spiro atoms. The van der Waals surface area contributed by atoms with E-state index in [1.54, 1.807) is 20.2 Å². The van der Waals surface area contributed by atoms with Crippen molar-refractivity contribution in [1.29, 1.82) is 0 Å². The average molecular weight is 988 g/mol. The zero-order chi connectivity index (χ0) is 52.6. The first-order chi connectivity index (χ1) is 32.1. The number of amides is 7. The molecule has 7 atom stereocenters. The van der Waals surface area contributed by atoms with E-state index in [-0.39, 0.29) is 68.3 Å². The van der Waals surface area contributed by atoms with Crippen molar-refractivity contribution >= 4 is 70.8 Å². The van der Waals surface area contributed by atoms with Crippen LogP contribution in [0.4, 0.5) is 0 Å². The van der Waals surface area contributed by atoms with Crippen LogP contribution in [0.25, 0.3) is 0 Å². The minimum Gasteiger partial charge on any atom is -0.480 e. The molecule has 1 aliphatic heterocycles. The lowest BCUT2D eigenvalue weighted by atomic mass is 9.76. The number of hydrogen-bond donors (Lipinski definition) is 9. The second-order valence-electron chi connectivity index (χ2n) is 19.1. The number of carboxylic acid groups (broad SMARTS) is 2. The Bertz CT molecular complexity index is 2060. The van der Waals surface area contributed by atoms with Crippen LogP contribution in [0.3, 0.4) is 0 Å². The van der Waals surface area contributed by atoms with Crippen LogP contribution in [0.1, 0.15) is 93.1 Å². The first-order valence-electron chi connectivity index (χ1n) is 22.8. The van der Waals surface area contributed by atoms with Crippen LogP contribution in [-0.2, 0) is 53.4 Å². The summed E-state index contributed by atoms with van der Waals surface area (Å²) < 4.78 is 0. The number of likely N-dealkylation sites (tertiary alicyclic amines) is 1. The Morgan fingerprint density at radius 2 is 1.49 bits per heavy atom. The molecule has 21 nitrogen and oxygen atoms in total. The fourth-order valence-corrected chi connectivity index (χ4v) is 8.85. The van der Waals surface area contributed by atoms with E-state index in [9.17, 15) is 53.1 Å². The first kappa shape index (κ1) is 59.4. The number of nitrogens with zero attached hydrogens (tertiary/aromatic N) is 2. The van der Waals surface area contributed by atoms with E-state index in [4.69, 9.17) is 16.6 Å². The number of carbonyl (C=O) groups excluding carboxylic acids is 8. The van der Waals surface area contributed by atoms with Crippen molar-refractivity contribution in [2.24, 2.45) is 22.8 Å². The van der Waals surface area contributed by atoms with Gasteiger partial charge in [-0.3, -0.25) is 48.1 Å². The highest BCUT2D eigenvalue weighted by Crippen LogP contribution is 2.30. The van der Waals surface area contributed by atoms with Crippen LogP contribution in [0, 0.1) is 11.3 Å². The van der Waals surface area contributed by atoms with Crippen LogP contribution in [0.5, 0.6) is 0 Å². The maximum absolute atomic E-state index is 14.3. The van der Waals surface area contributed by atoms with Gasteiger partial charge in [0, 0.05) is 56.1 Å². The summed E-state index contributed by atoms with van der Waals surface area (Å²) >= 11 is 0.959. The molecule has 2 rings (SSSR count). The first-order valence-corrected chi connectivity index (χ1v) is 23.9. The Morgan fingerprint density at radius 1 is 0.884 bits per heavy atom. The highest BCUT2D eigenvalue weighted by Gasteiger charge is 2.42. The maximum Gasteiger partial charge on any atom is 0.326 e. The molecule has 7 amide bonds. The van der Waals surface area contributed by atoms with Gasteiger partial charge in [0.05, 0.1) is 29.9 Å². The lowest BCUT2D eigenvalue weighted by Gasteiger charge is -2.40. The Kier molecular flexibility index (Phi) is 23.2. The van der Waals surface area contributed by atoms with E-state index < -0.39 is 112 Å². The number of thioether (sulfide) groups is 1. The molecule has 1 aromatic carbocycles. The fourth-order valence-electron chi connectivity index (χ4n) is 7.63. The van der Waals surface area contributed by atoms with Gasteiger partial charge in [0.2, 0.25) is 41.4 Å². The smallest absolute Gasteiger partial charge is 0.326 e. The zero-order valence-corrected chi connectivity index (χ0v) is 42.2. The molecule has 1 heterocycles. The summed E-state index contributed by atoms with van der Waals surface area (Å²) in [5, 5.41) is 31.6. The highest BCUT2D eigenvalue weighted by atomic mass is 32.2. The molecule has 1 saturated heterocycles. The number of nitrogens with two attached hydrogens (primary N) is 2. The highest BCUT2D eigenvalue weighted by molar-refractivity contribution is 8.00. The Balaban J connectivity index is 2.02. The predicted molar refractivity (Wildman–Crippen MR) is 259 cm³/mol. The summed E-state index contributed by atoms with van der Waals surface area (Å²) in [6.07, 6.45) is 0.265. The van der Waals surface area contributed by atoms with Gasteiger partial charge >= 0.3 is 11.9 Å². The lowest BCUT2D eigenvalue weighted by molar-refractivity contribution is -0.142. The van der Waals surface area contributed by atoms with E-state index in [2.05, 4.69) is 26.6 Å². The van der Waals surface area contributed by atoms with E-state index in [1.165, 1.54) is 11.8 Å². The van der Waals surface area contributed by atoms with Crippen LogP contribution in [0.2, 0.25) is 0 Å². The number of carboxylic acids is 2. The normalized spacial score (nSPS) is 17.0. The van der Waals surface area contributed by atoms with Crippen LogP contribution in [0.15, 0.2) is 42.0 Å². The minimum absolute atomic E-state index is 0.0990. The van der Waals surface area contributed by atoms with E-state index in [1.807, 2.05) is 78.8 Å². The quantitative estimate of drug-likeness (QED) is 0.0396. The van der Waals surface area contributed by atoms with Crippen LogP contribution < -0.4 is 38.1 Å². The number of nitrogens with one attached hydrogen (secondary N) is 5. The van der Waals surface area contributed by atoms with Gasteiger partial charge in [-0.05, 0) is 43.7 Å². The number of ketones is 1. The van der Waals surface area contributed by atoms with Gasteiger partial charge in [-0.15, -0.1) is 11.8 Å². The molecular formula is C47H73N9O12S. The summed E-state index contributed by atoms with van der Waals surface area (Å²) in [7, 11) is 3.26. The minimum atomic E-state index is -1.48. The van der Waals surface area contributed by atoms with Crippen molar-refractivity contribution in [1.82, 2.24) is 36.4 Å². The number of likely N-dealkylation sites (N-methyl/N-ethyl adjacent to an activating group) is 2. The molecule has 384 valence electrons. The van der Waals surface area contributed by atoms with Gasteiger partial charge in [-0.1, -0.05) is 84.9 Å². The largest absolute Gasteiger partial charge is 0.480 e. The Labute approximate surface area is 408 Å². The molecule has 2 unspecified atom stereocenters. The molecule has 1 aromatic rings. The van der Waals surface area contributed by atoms with Crippen molar-refractivity contribution in [3.63, 3.8) is 0 Å². The molecule has 0 aliphatic carbocycles. The number of benzene rings is 1. The van der Waals surface area contributed by atoms with Gasteiger partial charge in [0.15, 0.2) is 5.78 Å². The molecule has 0 aromatic heterocycles. The second-order valence-corrected chi connectivity index (χ2v) is 20.3. The summed E-state index contributed by atoms with van der Waals surface area (Å²) in [6, 6.07) is 3.37. The molecule has 0 bridgehead atoms. The van der Waals surface area contributed by atoms with Gasteiger partial charge in [0.1, 0.15) is 18.1 Å². The summed E-state index contributed by atoms with van der Waals surface area (Å²) in [6.45, 7) is 13.8. The molecule has 0 saturated carbocycles. The number of imide groups is 1. The third-order valence-electron chi connectivity index (χ3n) is 12.0. The third-order valence-corrected chi connectivity index (χ3v) is 13.3. The van der Waals surface area contributed by atoms with Gasteiger partial charge in [0.25, 0.3) is 0 Å². The molecule has 11 N–H and O–H groups in total. The van der Waals surface area contributed by atoms with Gasteiger partial charge in [-0.2, -0.15) is 0 Å². The SMILES string of the molecule is CN[C@H](C(=O)NC(C(=O)N(C)[C@H](/C=C(\C)C(=O)N[C@H](CCC(=O)NCCN1C(=O)CC(SC[C@H](NC(=O)CC[C@H](N)C(=O)O)C(=O)CN)C1=O)C(=O)O)C(C)C)C(C)(C)C)C(C)(C)c1ccccc1. The van der Waals surface area contributed by atoms with Gasteiger partial charge in [-0.25, -0.2) is 4.79 Å². The van der Waals surface area contributed by atoms with Crippen molar-refractivity contribution in [2.45, 2.75) is 134 Å². The van der Waals surface area contributed by atoms with E-state index in [0.717, 1.165) is 22.2 Å². The van der Waals surface area contributed by atoms with Crippen molar-refractivity contribution in [3.05, 3.63) is 47.5 Å². The monoisotopic (exact) mass is 988 g/mol. The third kappa shape index (κ3) is 17.6. The summed E-state index contributed by atoms with van der Waals surface area (Å²) in [5.41, 5.74) is 10.6. The topological polar surface area (TPSA) is 330 Å². The molecule has 1 aliphatic rings. The predicted octanol–water partition coefficient (Wildman–Crippen LogP) is 0.0436. The van der Waals surface area contributed by atoms with Crippen LogP contribution >= 0.6 is 11.8 Å². The molecule has 0 radical (unpaired) electrons. The maximum atomic E-state index is 14.3.